The van der Waals surface area contributed by atoms with Gasteiger partial charge in [-0.2, -0.15) is 0 Å². The molecule has 0 bridgehead atoms. The first kappa shape index (κ1) is 15.5. The maximum absolute atomic E-state index is 4.78. The molecule has 0 saturated carbocycles. The minimum atomic E-state index is 0.116. The number of rotatable bonds is 5. The highest BCUT2D eigenvalue weighted by molar-refractivity contribution is 7.09. The fourth-order valence-electron chi connectivity index (χ4n) is 1.97. The van der Waals surface area contributed by atoms with Crippen LogP contribution in [0.3, 0.4) is 0 Å². The van der Waals surface area contributed by atoms with E-state index >= 15 is 0 Å². The molecule has 2 aromatic heterocycles. The second-order valence-electron chi connectivity index (χ2n) is 5.86. The predicted octanol–water partition coefficient (Wildman–Crippen LogP) is 3.36. The lowest BCUT2D eigenvalue weighted by Gasteiger charge is -2.15. The third kappa shape index (κ3) is 3.42. The lowest BCUT2D eigenvalue weighted by Crippen LogP contribution is -2.19. The predicted molar refractivity (Wildman–Crippen MR) is 85.6 cm³/mol. The van der Waals surface area contributed by atoms with Crippen LogP contribution in [0.4, 0.5) is 0 Å². The Morgan fingerprint density at radius 3 is 2.65 bits per heavy atom. The molecule has 4 nitrogen and oxygen atoms in total. The van der Waals surface area contributed by atoms with Gasteiger partial charge < -0.3 is 5.32 Å². The molecule has 0 saturated heterocycles. The maximum atomic E-state index is 4.78. The Morgan fingerprint density at radius 1 is 1.35 bits per heavy atom. The van der Waals surface area contributed by atoms with Crippen molar-refractivity contribution < 1.29 is 0 Å². The van der Waals surface area contributed by atoms with Crippen molar-refractivity contribution in [3.05, 3.63) is 26.7 Å². The molecule has 0 amide bonds. The molecule has 0 aliphatic rings. The normalized spacial score (nSPS) is 13.7. The van der Waals surface area contributed by atoms with Crippen molar-refractivity contribution in [3.8, 4) is 0 Å². The number of aryl methyl sites for hydroxylation is 1. The molecule has 0 aromatic carbocycles. The molecule has 2 rings (SSSR count). The van der Waals surface area contributed by atoms with Crippen LogP contribution in [0.5, 0.6) is 0 Å². The quantitative estimate of drug-likeness (QED) is 0.920. The van der Waals surface area contributed by atoms with Gasteiger partial charge in [-0.1, -0.05) is 32.2 Å². The van der Waals surface area contributed by atoms with E-state index in [0.29, 0.717) is 0 Å². The molecule has 0 aliphatic heterocycles. The van der Waals surface area contributed by atoms with Gasteiger partial charge in [-0.25, -0.2) is 4.98 Å². The topological polar surface area (TPSA) is 50.7 Å². The van der Waals surface area contributed by atoms with E-state index in [-0.39, 0.29) is 11.5 Å². The van der Waals surface area contributed by atoms with Gasteiger partial charge in [0, 0.05) is 17.2 Å². The zero-order valence-corrected chi connectivity index (χ0v) is 14.4. The smallest absolute Gasteiger partial charge is 0.0947 e. The summed E-state index contributed by atoms with van der Waals surface area (Å²) in [5, 5.41) is 10.9. The van der Waals surface area contributed by atoms with Crippen LogP contribution in [0.25, 0.3) is 0 Å². The number of nitrogens with zero attached hydrogens (tertiary/aromatic N) is 3. The molecule has 0 radical (unpaired) electrons. The molecule has 2 aromatic rings. The van der Waals surface area contributed by atoms with Gasteiger partial charge >= 0.3 is 0 Å². The van der Waals surface area contributed by atoms with Gasteiger partial charge in [-0.15, -0.1) is 16.4 Å². The summed E-state index contributed by atoms with van der Waals surface area (Å²) in [6.07, 6.45) is 1.82. The molecular weight excluding hydrogens is 288 g/mol. The minimum absolute atomic E-state index is 0.116. The van der Waals surface area contributed by atoms with Gasteiger partial charge in [0.2, 0.25) is 0 Å². The second kappa shape index (κ2) is 6.28. The zero-order valence-electron chi connectivity index (χ0n) is 12.7. The van der Waals surface area contributed by atoms with Gasteiger partial charge in [-0.05, 0) is 25.0 Å². The monoisotopic (exact) mass is 310 g/mol. The van der Waals surface area contributed by atoms with E-state index in [9.17, 15) is 0 Å². The first-order valence-electron chi connectivity index (χ1n) is 6.89. The summed E-state index contributed by atoms with van der Waals surface area (Å²) in [7, 11) is 1.99. The van der Waals surface area contributed by atoms with Crippen molar-refractivity contribution in [3.63, 3.8) is 0 Å². The molecule has 1 atom stereocenters. The van der Waals surface area contributed by atoms with Crippen molar-refractivity contribution in [1.82, 2.24) is 19.9 Å². The van der Waals surface area contributed by atoms with Gasteiger partial charge in [0.05, 0.1) is 27.3 Å². The molecule has 0 spiro atoms. The Bertz CT molecular complexity index is 554. The summed E-state index contributed by atoms with van der Waals surface area (Å²) < 4.78 is 4.08. The molecule has 110 valence electrons. The van der Waals surface area contributed by atoms with E-state index in [4.69, 9.17) is 4.98 Å². The highest BCUT2D eigenvalue weighted by Crippen LogP contribution is 2.28. The number of nitrogens with one attached hydrogen (secondary N) is 1. The molecular formula is C14H22N4S2. The molecule has 1 N–H and O–H groups in total. The number of likely N-dealkylation sites (N-methyl/N-ethyl adjacent to an activating group) is 1. The van der Waals surface area contributed by atoms with Crippen LogP contribution in [0.2, 0.25) is 0 Å². The number of hydrogen-bond acceptors (Lipinski definition) is 6. The maximum Gasteiger partial charge on any atom is 0.0947 e. The van der Waals surface area contributed by atoms with Crippen LogP contribution in [-0.2, 0) is 18.3 Å². The van der Waals surface area contributed by atoms with E-state index in [1.54, 1.807) is 11.3 Å². The van der Waals surface area contributed by atoms with Crippen molar-refractivity contribution in [2.45, 2.75) is 52.0 Å². The fraction of sp³-hybridized carbons (Fsp3) is 0.643. The summed E-state index contributed by atoms with van der Waals surface area (Å²) in [6, 6.07) is 0.254. The van der Waals surface area contributed by atoms with E-state index in [2.05, 4.69) is 48.0 Å². The number of thiazole rings is 1. The molecule has 1 unspecified atom stereocenters. The summed E-state index contributed by atoms with van der Waals surface area (Å²) >= 11 is 3.24. The minimum Gasteiger partial charge on any atom is -0.312 e. The number of aromatic nitrogens is 3. The standard InChI is InChI=1S/C14H22N4S2/c1-6-9-13(20-18-17-9)10(15-5)7-12-16-11(8-19-12)14(2,3)4/h8,10,15H,6-7H2,1-5H3. The first-order valence-corrected chi connectivity index (χ1v) is 8.54. The summed E-state index contributed by atoms with van der Waals surface area (Å²) in [5.41, 5.74) is 2.39. The molecule has 0 fully saturated rings. The van der Waals surface area contributed by atoms with Crippen molar-refractivity contribution >= 4 is 22.9 Å². The first-order chi connectivity index (χ1) is 9.45. The van der Waals surface area contributed by atoms with Crippen LogP contribution < -0.4 is 5.32 Å². The van der Waals surface area contributed by atoms with E-state index in [0.717, 1.165) is 18.5 Å². The largest absolute Gasteiger partial charge is 0.312 e. The third-order valence-electron chi connectivity index (χ3n) is 3.28. The lowest BCUT2D eigenvalue weighted by atomic mass is 9.93. The second-order valence-corrected chi connectivity index (χ2v) is 7.59. The fourth-order valence-corrected chi connectivity index (χ4v) is 3.89. The Hall–Kier alpha value is -0.850. The molecule has 20 heavy (non-hydrogen) atoms. The Kier molecular flexibility index (Phi) is 4.88. The van der Waals surface area contributed by atoms with Gasteiger partial charge in [-0.3, -0.25) is 0 Å². The van der Waals surface area contributed by atoms with Crippen LogP contribution >= 0.6 is 22.9 Å². The van der Waals surface area contributed by atoms with Gasteiger partial charge in [0.1, 0.15) is 0 Å². The van der Waals surface area contributed by atoms with Gasteiger partial charge in [0.15, 0.2) is 0 Å². The molecule has 6 heteroatoms. The van der Waals surface area contributed by atoms with Gasteiger partial charge in [0.25, 0.3) is 0 Å². The average molecular weight is 310 g/mol. The van der Waals surface area contributed by atoms with Crippen LogP contribution in [-0.4, -0.2) is 21.6 Å². The Labute approximate surface area is 128 Å². The summed E-state index contributed by atoms with van der Waals surface area (Å²) in [5.74, 6) is 0. The highest BCUT2D eigenvalue weighted by atomic mass is 32.1. The molecule has 2 heterocycles. The summed E-state index contributed by atoms with van der Waals surface area (Å²) in [6.45, 7) is 8.71. The lowest BCUT2D eigenvalue weighted by molar-refractivity contribution is 0.561. The van der Waals surface area contributed by atoms with Crippen molar-refractivity contribution in [2.24, 2.45) is 0 Å². The van der Waals surface area contributed by atoms with Crippen molar-refractivity contribution in [2.75, 3.05) is 7.05 Å². The number of hydrogen-bond donors (Lipinski definition) is 1. The average Bonchev–Trinajstić information content (AvgIpc) is 3.03. The van der Waals surface area contributed by atoms with Crippen molar-refractivity contribution in [1.29, 1.82) is 0 Å². The van der Waals surface area contributed by atoms with Crippen LogP contribution in [0.15, 0.2) is 5.38 Å². The van der Waals surface area contributed by atoms with E-state index < -0.39 is 0 Å². The zero-order chi connectivity index (χ0) is 14.8. The highest BCUT2D eigenvalue weighted by Gasteiger charge is 2.21. The third-order valence-corrected chi connectivity index (χ3v) is 5.04. The Balaban J connectivity index is 2.17. The SMILES string of the molecule is CCc1nnsc1C(Cc1nc(C(C)(C)C)cs1)NC. The van der Waals surface area contributed by atoms with Crippen LogP contribution in [0.1, 0.15) is 55.0 Å². The van der Waals surface area contributed by atoms with E-state index in [1.807, 2.05) is 7.05 Å². The summed E-state index contributed by atoms with van der Waals surface area (Å²) in [4.78, 5) is 6.02. The Morgan fingerprint density at radius 2 is 2.10 bits per heavy atom. The molecule has 0 aliphatic carbocycles. The van der Waals surface area contributed by atoms with E-state index in [1.165, 1.54) is 27.1 Å². The van der Waals surface area contributed by atoms with Crippen LogP contribution in [0, 0.1) is 0 Å².